The predicted molar refractivity (Wildman–Crippen MR) is 110 cm³/mol. The number of ether oxygens (including phenoxy) is 1. The van der Waals surface area contributed by atoms with Gasteiger partial charge in [-0.2, -0.15) is 0 Å². The number of methoxy groups -OCH3 is 1. The molecule has 1 fully saturated rings. The third-order valence-corrected chi connectivity index (χ3v) is 5.72. The highest BCUT2D eigenvalue weighted by molar-refractivity contribution is 7.99. The molecule has 28 heavy (non-hydrogen) atoms. The second-order valence-corrected chi connectivity index (χ2v) is 7.61. The van der Waals surface area contributed by atoms with Gasteiger partial charge in [-0.25, -0.2) is 4.79 Å². The number of thioether (sulfide) groups is 1. The van der Waals surface area contributed by atoms with Crippen molar-refractivity contribution < 1.29 is 14.5 Å². The Balaban J connectivity index is 1.58. The van der Waals surface area contributed by atoms with Crippen LogP contribution in [-0.2, 0) is 4.74 Å². The third kappa shape index (κ3) is 5.02. The minimum Gasteiger partial charge on any atom is -0.465 e. The van der Waals surface area contributed by atoms with E-state index in [2.05, 4.69) is 21.9 Å². The van der Waals surface area contributed by atoms with Crippen LogP contribution in [0.1, 0.15) is 10.4 Å². The zero-order valence-electron chi connectivity index (χ0n) is 15.7. The van der Waals surface area contributed by atoms with Crippen molar-refractivity contribution in [1.29, 1.82) is 0 Å². The number of hydrogen-bond acceptors (Lipinski definition) is 7. The summed E-state index contributed by atoms with van der Waals surface area (Å²) >= 11 is 1.84. The number of rotatable bonds is 7. The number of anilines is 1. The van der Waals surface area contributed by atoms with Crippen LogP contribution in [0.2, 0.25) is 0 Å². The zero-order valence-corrected chi connectivity index (χ0v) is 16.6. The molecule has 1 heterocycles. The average Bonchev–Trinajstić information content (AvgIpc) is 2.74. The molecule has 0 spiro atoms. The van der Waals surface area contributed by atoms with Crippen molar-refractivity contribution in [2.24, 2.45) is 0 Å². The summed E-state index contributed by atoms with van der Waals surface area (Å²) in [6.45, 7) is 4.28. The quantitative estimate of drug-likeness (QED) is 0.305. The van der Waals surface area contributed by atoms with Gasteiger partial charge in [0, 0.05) is 55.5 Å². The molecule has 3 rings (SSSR count). The van der Waals surface area contributed by atoms with Crippen molar-refractivity contribution in [1.82, 2.24) is 4.90 Å². The Morgan fingerprint density at radius 3 is 2.50 bits per heavy atom. The highest BCUT2D eigenvalue weighted by Crippen LogP contribution is 2.27. The molecule has 0 atom stereocenters. The van der Waals surface area contributed by atoms with E-state index in [9.17, 15) is 14.9 Å². The fourth-order valence-corrected chi connectivity index (χ4v) is 4.14. The van der Waals surface area contributed by atoms with E-state index in [1.54, 1.807) is 6.07 Å². The van der Waals surface area contributed by atoms with Gasteiger partial charge in [-0.05, 0) is 18.2 Å². The van der Waals surface area contributed by atoms with Crippen molar-refractivity contribution in [2.45, 2.75) is 4.90 Å². The van der Waals surface area contributed by atoms with Gasteiger partial charge in [0.1, 0.15) is 0 Å². The molecule has 0 aliphatic carbocycles. The monoisotopic (exact) mass is 401 g/mol. The normalized spacial score (nSPS) is 14.7. The van der Waals surface area contributed by atoms with Gasteiger partial charge in [0.05, 0.1) is 23.3 Å². The number of non-ortho nitro benzene ring substituents is 1. The SMILES string of the molecule is COC(=O)c1cc([N+](=O)[O-])ccc1N1CCN(CCSc2ccccc2)CC1. The second kappa shape index (κ2) is 9.57. The molecule has 0 N–H and O–H groups in total. The minimum atomic E-state index is -0.555. The number of nitro groups is 1. The summed E-state index contributed by atoms with van der Waals surface area (Å²) in [7, 11) is 1.29. The number of nitro benzene ring substituents is 1. The summed E-state index contributed by atoms with van der Waals surface area (Å²) in [5.74, 6) is 0.468. The smallest absolute Gasteiger partial charge is 0.340 e. The summed E-state index contributed by atoms with van der Waals surface area (Å²) in [4.78, 5) is 28.4. The number of piperazine rings is 1. The summed E-state index contributed by atoms with van der Waals surface area (Å²) in [5, 5.41) is 11.0. The van der Waals surface area contributed by atoms with Gasteiger partial charge < -0.3 is 9.64 Å². The van der Waals surface area contributed by atoms with Crippen LogP contribution in [0, 0.1) is 10.1 Å². The number of hydrogen-bond donors (Lipinski definition) is 0. The van der Waals surface area contributed by atoms with Crippen LogP contribution >= 0.6 is 11.8 Å². The van der Waals surface area contributed by atoms with E-state index in [-0.39, 0.29) is 11.3 Å². The lowest BCUT2D eigenvalue weighted by Crippen LogP contribution is -2.47. The van der Waals surface area contributed by atoms with E-state index in [4.69, 9.17) is 4.74 Å². The Bertz CT molecular complexity index is 823. The minimum absolute atomic E-state index is 0.110. The van der Waals surface area contributed by atoms with Crippen molar-refractivity contribution in [3.63, 3.8) is 0 Å². The summed E-state index contributed by atoms with van der Waals surface area (Å²) < 4.78 is 4.82. The van der Waals surface area contributed by atoms with Crippen LogP contribution in [0.25, 0.3) is 0 Å². The molecule has 148 valence electrons. The summed E-state index contributed by atoms with van der Waals surface area (Å²) in [6, 6.07) is 14.7. The third-order valence-electron chi connectivity index (χ3n) is 4.73. The second-order valence-electron chi connectivity index (χ2n) is 6.44. The highest BCUT2D eigenvalue weighted by Gasteiger charge is 2.24. The number of esters is 1. The maximum absolute atomic E-state index is 12.1. The zero-order chi connectivity index (χ0) is 19.9. The van der Waals surface area contributed by atoms with E-state index in [0.717, 1.165) is 38.5 Å². The van der Waals surface area contributed by atoms with Gasteiger partial charge in [-0.1, -0.05) is 18.2 Å². The topological polar surface area (TPSA) is 75.9 Å². The molecule has 1 aliphatic rings. The lowest BCUT2D eigenvalue weighted by atomic mass is 10.1. The first kappa shape index (κ1) is 20.2. The van der Waals surface area contributed by atoms with Crippen LogP contribution in [0.3, 0.4) is 0 Å². The molecule has 0 unspecified atom stereocenters. The molecular formula is C20H23N3O4S. The molecule has 0 amide bonds. The van der Waals surface area contributed by atoms with Crippen LogP contribution in [-0.4, -0.2) is 61.4 Å². The molecule has 2 aromatic rings. The maximum Gasteiger partial charge on any atom is 0.340 e. The molecule has 1 saturated heterocycles. The first-order chi connectivity index (χ1) is 13.6. The van der Waals surface area contributed by atoms with Crippen molar-refractivity contribution in [2.75, 3.05) is 50.5 Å². The Kier molecular flexibility index (Phi) is 6.89. The van der Waals surface area contributed by atoms with Crippen LogP contribution < -0.4 is 4.90 Å². The number of carbonyl (C=O) groups excluding carboxylic acids is 1. The molecule has 0 saturated carbocycles. The number of benzene rings is 2. The van der Waals surface area contributed by atoms with Gasteiger partial charge in [0.15, 0.2) is 0 Å². The van der Waals surface area contributed by atoms with E-state index in [0.29, 0.717) is 5.69 Å². The Morgan fingerprint density at radius 2 is 1.86 bits per heavy atom. The van der Waals surface area contributed by atoms with Gasteiger partial charge in [-0.3, -0.25) is 15.0 Å². The maximum atomic E-state index is 12.1. The predicted octanol–water partition coefficient (Wildman–Crippen LogP) is 3.30. The lowest BCUT2D eigenvalue weighted by molar-refractivity contribution is -0.384. The number of nitrogens with zero attached hydrogens (tertiary/aromatic N) is 3. The van der Waals surface area contributed by atoms with Crippen molar-refractivity contribution >= 4 is 29.1 Å². The highest BCUT2D eigenvalue weighted by atomic mass is 32.2. The van der Waals surface area contributed by atoms with Crippen molar-refractivity contribution in [3.05, 3.63) is 64.2 Å². The lowest BCUT2D eigenvalue weighted by Gasteiger charge is -2.36. The van der Waals surface area contributed by atoms with Gasteiger partial charge in [-0.15, -0.1) is 11.8 Å². The molecule has 7 nitrogen and oxygen atoms in total. The van der Waals surface area contributed by atoms with Crippen LogP contribution in [0.5, 0.6) is 0 Å². The van der Waals surface area contributed by atoms with E-state index < -0.39 is 10.9 Å². The largest absolute Gasteiger partial charge is 0.465 e. The Morgan fingerprint density at radius 1 is 1.14 bits per heavy atom. The average molecular weight is 401 g/mol. The van der Waals surface area contributed by atoms with E-state index in [1.165, 1.54) is 24.1 Å². The molecule has 8 heteroatoms. The first-order valence-electron chi connectivity index (χ1n) is 9.10. The first-order valence-corrected chi connectivity index (χ1v) is 10.1. The summed E-state index contributed by atoms with van der Waals surface area (Å²) in [6.07, 6.45) is 0. The fourth-order valence-electron chi connectivity index (χ4n) is 3.21. The Labute approximate surface area is 168 Å². The van der Waals surface area contributed by atoms with Crippen LogP contribution in [0.15, 0.2) is 53.4 Å². The van der Waals surface area contributed by atoms with Gasteiger partial charge in [0.2, 0.25) is 0 Å². The van der Waals surface area contributed by atoms with Gasteiger partial charge >= 0.3 is 5.97 Å². The molecule has 0 bridgehead atoms. The molecule has 1 aliphatic heterocycles. The fraction of sp³-hybridized carbons (Fsp3) is 0.350. The van der Waals surface area contributed by atoms with Gasteiger partial charge in [0.25, 0.3) is 5.69 Å². The van der Waals surface area contributed by atoms with Crippen molar-refractivity contribution in [3.8, 4) is 0 Å². The van der Waals surface area contributed by atoms with E-state index >= 15 is 0 Å². The molecule has 0 aromatic heterocycles. The molecule has 0 radical (unpaired) electrons. The number of carbonyl (C=O) groups is 1. The Hall–Kier alpha value is -2.58. The standard InChI is InChI=1S/C20H23N3O4S/c1-27-20(24)18-15-16(23(25)26)7-8-19(18)22-11-9-21(10-12-22)13-14-28-17-5-3-2-4-6-17/h2-8,15H,9-14H2,1H3. The van der Waals surface area contributed by atoms with Crippen LogP contribution in [0.4, 0.5) is 11.4 Å². The molecule has 2 aromatic carbocycles. The molecular weight excluding hydrogens is 378 g/mol. The summed E-state index contributed by atoms with van der Waals surface area (Å²) in [5.41, 5.74) is 0.821. The van der Waals surface area contributed by atoms with E-state index in [1.807, 2.05) is 30.0 Å².